The summed E-state index contributed by atoms with van der Waals surface area (Å²) in [4.78, 5) is 16.2. The summed E-state index contributed by atoms with van der Waals surface area (Å²) < 4.78 is 29.5. The molecule has 0 unspecified atom stereocenters. The first kappa shape index (κ1) is 13.6. The van der Waals surface area contributed by atoms with Gasteiger partial charge in [-0.25, -0.2) is 18.6 Å². The van der Waals surface area contributed by atoms with Crippen molar-refractivity contribution in [3.05, 3.63) is 40.4 Å². The first-order valence-electron chi connectivity index (χ1n) is 5.47. The van der Waals surface area contributed by atoms with Crippen LogP contribution in [0.15, 0.2) is 24.3 Å². The zero-order chi connectivity index (χ0) is 14.0. The van der Waals surface area contributed by atoms with Gasteiger partial charge in [-0.3, -0.25) is 0 Å². The van der Waals surface area contributed by atoms with Gasteiger partial charge in [0.25, 0.3) is 6.43 Å². The summed E-state index contributed by atoms with van der Waals surface area (Å²) in [6, 6.07) is 5.85. The molecule has 1 aromatic heterocycles. The molecule has 0 saturated heterocycles. The van der Waals surface area contributed by atoms with Crippen molar-refractivity contribution < 1.29 is 18.3 Å². The maximum absolute atomic E-state index is 12.4. The lowest BCUT2D eigenvalue weighted by Gasteiger charge is -2.00. The van der Waals surface area contributed by atoms with E-state index in [2.05, 4.69) is 9.72 Å². The molecule has 6 heteroatoms. The Labute approximate surface area is 112 Å². The average Bonchev–Trinajstić information content (AvgIpc) is 2.80. The number of hydrogen-bond donors (Lipinski definition) is 0. The maximum Gasteiger partial charge on any atom is 0.349 e. The number of alkyl halides is 2. The molecular weight excluding hydrogens is 272 g/mol. The first-order valence-corrected chi connectivity index (χ1v) is 6.28. The minimum Gasteiger partial charge on any atom is -0.465 e. The Morgan fingerprint density at radius 3 is 2.47 bits per heavy atom. The second kappa shape index (κ2) is 5.44. The van der Waals surface area contributed by atoms with Crippen LogP contribution in [0.25, 0.3) is 10.6 Å². The number of rotatable bonds is 3. The fourth-order valence-corrected chi connectivity index (χ4v) is 2.56. The number of esters is 1. The van der Waals surface area contributed by atoms with Crippen molar-refractivity contribution in [2.24, 2.45) is 0 Å². The van der Waals surface area contributed by atoms with Crippen LogP contribution in [-0.2, 0) is 4.74 Å². The number of aryl methyl sites for hydroxylation is 1. The predicted octanol–water partition coefficient (Wildman–Crippen LogP) is 3.84. The molecule has 0 bridgehead atoms. The normalized spacial score (nSPS) is 10.8. The lowest BCUT2D eigenvalue weighted by Crippen LogP contribution is -1.99. The molecule has 1 heterocycles. The fraction of sp³-hybridized carbons (Fsp3) is 0.231. The molecule has 100 valence electrons. The molecule has 0 aliphatic heterocycles. The summed E-state index contributed by atoms with van der Waals surface area (Å²) in [5.41, 5.74) is 1.24. The molecule has 0 radical (unpaired) electrons. The molecule has 1 aromatic carbocycles. The number of nitrogens with zero attached hydrogens (tertiary/aromatic N) is 1. The highest BCUT2D eigenvalue weighted by atomic mass is 32.1. The van der Waals surface area contributed by atoms with Gasteiger partial charge in [0.05, 0.1) is 12.8 Å². The number of carbonyl (C=O) groups excluding carboxylic acids is 1. The molecule has 0 N–H and O–H groups in total. The highest BCUT2D eigenvalue weighted by Gasteiger charge is 2.16. The van der Waals surface area contributed by atoms with E-state index in [9.17, 15) is 13.6 Å². The number of ether oxygens (including phenoxy) is 1. The van der Waals surface area contributed by atoms with Crippen LogP contribution in [0.4, 0.5) is 8.78 Å². The van der Waals surface area contributed by atoms with Gasteiger partial charge in [0.15, 0.2) is 0 Å². The fourth-order valence-electron chi connectivity index (χ4n) is 1.57. The molecular formula is C13H11F2NO2S. The van der Waals surface area contributed by atoms with Crippen molar-refractivity contribution in [3.63, 3.8) is 0 Å². The Hall–Kier alpha value is -1.82. The van der Waals surface area contributed by atoms with Crippen LogP contribution >= 0.6 is 11.3 Å². The molecule has 0 amide bonds. The van der Waals surface area contributed by atoms with E-state index in [1.54, 1.807) is 19.1 Å². The Morgan fingerprint density at radius 1 is 1.32 bits per heavy atom. The summed E-state index contributed by atoms with van der Waals surface area (Å²) >= 11 is 1.19. The van der Waals surface area contributed by atoms with Crippen molar-refractivity contribution in [1.82, 2.24) is 4.98 Å². The number of thiazole rings is 1. The van der Waals surface area contributed by atoms with E-state index >= 15 is 0 Å². The Kier molecular flexibility index (Phi) is 3.90. The van der Waals surface area contributed by atoms with Crippen molar-refractivity contribution in [2.75, 3.05) is 7.11 Å². The number of carbonyl (C=O) groups is 1. The molecule has 0 aliphatic carbocycles. The highest BCUT2D eigenvalue weighted by molar-refractivity contribution is 7.17. The third-order valence-corrected chi connectivity index (χ3v) is 3.76. The van der Waals surface area contributed by atoms with Gasteiger partial charge in [0.1, 0.15) is 9.88 Å². The third-order valence-electron chi connectivity index (χ3n) is 2.58. The maximum atomic E-state index is 12.4. The van der Waals surface area contributed by atoms with E-state index in [1.165, 1.54) is 30.6 Å². The lowest BCUT2D eigenvalue weighted by atomic mass is 10.1. The molecule has 0 spiro atoms. The van der Waals surface area contributed by atoms with Gasteiger partial charge in [-0.15, -0.1) is 11.3 Å². The number of benzene rings is 1. The van der Waals surface area contributed by atoms with Gasteiger partial charge in [-0.05, 0) is 6.92 Å². The van der Waals surface area contributed by atoms with E-state index in [0.29, 0.717) is 21.1 Å². The highest BCUT2D eigenvalue weighted by Crippen LogP contribution is 2.29. The van der Waals surface area contributed by atoms with Gasteiger partial charge in [0, 0.05) is 11.1 Å². The van der Waals surface area contributed by atoms with Gasteiger partial charge in [-0.2, -0.15) is 0 Å². The van der Waals surface area contributed by atoms with E-state index in [0.717, 1.165) is 0 Å². The van der Waals surface area contributed by atoms with E-state index in [-0.39, 0.29) is 5.56 Å². The van der Waals surface area contributed by atoms with Crippen molar-refractivity contribution in [3.8, 4) is 10.6 Å². The SMILES string of the molecule is COC(=O)c1sc(-c2ccc(C(F)F)cc2)nc1C. The smallest absolute Gasteiger partial charge is 0.349 e. The number of hydrogen-bond acceptors (Lipinski definition) is 4. The monoisotopic (exact) mass is 283 g/mol. The predicted molar refractivity (Wildman–Crippen MR) is 68.6 cm³/mol. The second-order valence-corrected chi connectivity index (χ2v) is 4.85. The topological polar surface area (TPSA) is 39.2 Å². The quantitative estimate of drug-likeness (QED) is 0.803. The molecule has 0 fully saturated rings. The van der Waals surface area contributed by atoms with Crippen LogP contribution in [0.1, 0.15) is 27.4 Å². The van der Waals surface area contributed by atoms with E-state index in [4.69, 9.17) is 0 Å². The van der Waals surface area contributed by atoms with Crippen molar-refractivity contribution >= 4 is 17.3 Å². The van der Waals surface area contributed by atoms with Gasteiger partial charge in [0.2, 0.25) is 0 Å². The Morgan fingerprint density at radius 2 is 1.95 bits per heavy atom. The second-order valence-electron chi connectivity index (χ2n) is 3.85. The summed E-state index contributed by atoms with van der Waals surface area (Å²) in [6.45, 7) is 1.71. The average molecular weight is 283 g/mol. The minimum atomic E-state index is -2.49. The van der Waals surface area contributed by atoms with Crippen LogP contribution in [0.3, 0.4) is 0 Å². The summed E-state index contributed by atoms with van der Waals surface area (Å²) in [6.07, 6.45) is -2.49. The molecule has 19 heavy (non-hydrogen) atoms. The zero-order valence-electron chi connectivity index (χ0n) is 10.3. The summed E-state index contributed by atoms with van der Waals surface area (Å²) in [5, 5.41) is 0.610. The van der Waals surface area contributed by atoms with Crippen LogP contribution in [-0.4, -0.2) is 18.1 Å². The van der Waals surface area contributed by atoms with Crippen LogP contribution in [0.5, 0.6) is 0 Å². The first-order chi connectivity index (χ1) is 9.02. The molecule has 2 rings (SSSR count). The minimum absolute atomic E-state index is 0.0368. The lowest BCUT2D eigenvalue weighted by molar-refractivity contribution is 0.0605. The standard InChI is InChI=1S/C13H11F2NO2S/c1-7-10(13(17)18-2)19-12(16-7)9-5-3-8(4-6-9)11(14)15/h3-6,11H,1-2H3. The molecule has 0 atom stereocenters. The van der Waals surface area contributed by atoms with Crippen LogP contribution < -0.4 is 0 Å². The third kappa shape index (κ3) is 2.78. The number of aromatic nitrogens is 1. The number of methoxy groups -OCH3 is 1. The number of halogens is 2. The van der Waals surface area contributed by atoms with Gasteiger partial charge < -0.3 is 4.74 Å². The van der Waals surface area contributed by atoms with Crippen molar-refractivity contribution in [2.45, 2.75) is 13.3 Å². The Balaban J connectivity index is 2.34. The molecule has 3 nitrogen and oxygen atoms in total. The zero-order valence-corrected chi connectivity index (χ0v) is 11.1. The molecule has 2 aromatic rings. The summed E-state index contributed by atoms with van der Waals surface area (Å²) in [5.74, 6) is -0.439. The summed E-state index contributed by atoms with van der Waals surface area (Å²) in [7, 11) is 1.30. The van der Waals surface area contributed by atoms with Gasteiger partial charge >= 0.3 is 5.97 Å². The van der Waals surface area contributed by atoms with Crippen molar-refractivity contribution in [1.29, 1.82) is 0 Å². The Bertz CT molecular complexity index is 593. The van der Waals surface area contributed by atoms with Crippen LogP contribution in [0, 0.1) is 6.92 Å². The van der Waals surface area contributed by atoms with Crippen LogP contribution in [0.2, 0.25) is 0 Å². The van der Waals surface area contributed by atoms with Gasteiger partial charge in [-0.1, -0.05) is 24.3 Å². The molecule has 0 aliphatic rings. The largest absolute Gasteiger partial charge is 0.465 e. The molecule has 0 saturated carbocycles. The van der Waals surface area contributed by atoms with E-state index in [1.807, 2.05) is 0 Å². The van der Waals surface area contributed by atoms with E-state index < -0.39 is 12.4 Å².